The molecule has 0 spiro atoms. The second-order valence-electron chi connectivity index (χ2n) is 6.60. The number of aliphatic imine (C=N–C) groups is 1. The van der Waals surface area contributed by atoms with Crippen LogP contribution in [0.3, 0.4) is 0 Å². The molecule has 134 valence electrons. The fourth-order valence-electron chi connectivity index (χ4n) is 3.44. The fourth-order valence-corrected chi connectivity index (χ4v) is 3.62. The minimum Gasteiger partial charge on any atom is -0.325 e. The number of hydrogen-bond acceptors (Lipinski definition) is 5. The van der Waals surface area contributed by atoms with Crippen molar-refractivity contribution in [3.05, 3.63) is 63.6 Å². The van der Waals surface area contributed by atoms with Crippen LogP contribution in [-0.2, 0) is 0 Å². The van der Waals surface area contributed by atoms with Crippen LogP contribution >= 0.6 is 11.6 Å². The van der Waals surface area contributed by atoms with Crippen LogP contribution in [0.15, 0.2) is 52.3 Å². The van der Waals surface area contributed by atoms with Gasteiger partial charge in [-0.3, -0.25) is 14.7 Å². The summed E-state index contributed by atoms with van der Waals surface area (Å²) in [6.07, 6.45) is 6.94. The van der Waals surface area contributed by atoms with Gasteiger partial charge >= 0.3 is 0 Å². The highest BCUT2D eigenvalue weighted by Gasteiger charge is 2.30. The maximum atomic E-state index is 12.6. The van der Waals surface area contributed by atoms with Gasteiger partial charge in [-0.2, -0.15) is 0 Å². The zero-order valence-electron chi connectivity index (χ0n) is 14.4. The zero-order chi connectivity index (χ0) is 18.1. The lowest BCUT2D eigenvalue weighted by Crippen LogP contribution is -2.40. The molecule has 0 unspecified atom stereocenters. The van der Waals surface area contributed by atoms with Gasteiger partial charge in [0, 0.05) is 17.7 Å². The third-order valence-corrected chi connectivity index (χ3v) is 5.02. The Morgan fingerprint density at radius 2 is 2.15 bits per heavy atom. The first-order chi connectivity index (χ1) is 12.6. The molecule has 2 heterocycles. The Morgan fingerprint density at radius 3 is 2.92 bits per heavy atom. The van der Waals surface area contributed by atoms with Crippen LogP contribution in [0.25, 0.3) is 0 Å². The predicted octanol–water partition coefficient (Wildman–Crippen LogP) is 3.95. The molecule has 2 atom stereocenters. The van der Waals surface area contributed by atoms with Crippen molar-refractivity contribution in [2.75, 3.05) is 10.6 Å². The Morgan fingerprint density at radius 1 is 1.31 bits per heavy atom. The van der Waals surface area contributed by atoms with Crippen LogP contribution in [0.2, 0.25) is 5.02 Å². The molecule has 2 aliphatic rings. The smallest absolute Gasteiger partial charge is 0.256 e. The number of benzene rings is 1. The average Bonchev–Trinajstić information content (AvgIpc) is 2.63. The number of nitrogens with one attached hydrogen (secondary N) is 2. The van der Waals surface area contributed by atoms with Gasteiger partial charge in [0.25, 0.3) is 5.56 Å². The second-order valence-corrected chi connectivity index (χ2v) is 7.00. The Labute approximate surface area is 156 Å². The van der Waals surface area contributed by atoms with Crippen LogP contribution in [0.5, 0.6) is 0 Å². The molecule has 0 fully saturated rings. The lowest BCUT2D eigenvalue weighted by Gasteiger charge is -2.32. The quantitative estimate of drug-likeness (QED) is 0.786. The van der Waals surface area contributed by atoms with Crippen molar-refractivity contribution in [2.24, 2.45) is 10.9 Å². The minimum atomic E-state index is -0.290. The van der Waals surface area contributed by atoms with E-state index < -0.39 is 0 Å². The van der Waals surface area contributed by atoms with E-state index in [2.05, 4.69) is 27.8 Å². The minimum absolute atomic E-state index is 0.0832. The number of aromatic nitrogens is 2. The van der Waals surface area contributed by atoms with Gasteiger partial charge in [0.2, 0.25) is 11.9 Å². The molecule has 6 nitrogen and oxygen atoms in total. The molecule has 0 bridgehead atoms. The van der Waals surface area contributed by atoms with E-state index in [0.717, 1.165) is 24.9 Å². The molecule has 4 rings (SSSR count). The molecule has 2 aromatic rings. The molecule has 0 saturated heterocycles. The van der Waals surface area contributed by atoms with Crippen LogP contribution in [0.1, 0.15) is 31.1 Å². The van der Waals surface area contributed by atoms with Gasteiger partial charge in [-0.25, -0.2) is 9.98 Å². The summed E-state index contributed by atoms with van der Waals surface area (Å²) in [6.45, 7) is 1.81. The number of nitrogens with zero attached hydrogens (tertiary/aromatic N) is 3. The SMILES string of the molecule is Cc1cc(=O)n2c(n1)NC(Nc1ccccc1Cl)=N[C@H]2[C@H]1CC=CCC1. The maximum Gasteiger partial charge on any atom is 0.256 e. The van der Waals surface area contributed by atoms with Gasteiger partial charge in [-0.05, 0) is 38.3 Å². The van der Waals surface area contributed by atoms with Crippen molar-refractivity contribution in [1.29, 1.82) is 0 Å². The largest absolute Gasteiger partial charge is 0.325 e. The summed E-state index contributed by atoms with van der Waals surface area (Å²) in [5, 5.41) is 6.97. The van der Waals surface area contributed by atoms with E-state index in [1.54, 1.807) is 10.6 Å². The third-order valence-electron chi connectivity index (χ3n) is 4.69. The summed E-state index contributed by atoms with van der Waals surface area (Å²) in [5.41, 5.74) is 1.35. The number of anilines is 2. The van der Waals surface area contributed by atoms with E-state index in [9.17, 15) is 4.79 Å². The second kappa shape index (κ2) is 6.96. The van der Waals surface area contributed by atoms with Crippen molar-refractivity contribution in [3.63, 3.8) is 0 Å². The van der Waals surface area contributed by atoms with Crippen molar-refractivity contribution < 1.29 is 0 Å². The summed E-state index contributed by atoms with van der Waals surface area (Å²) < 4.78 is 1.66. The molecule has 0 amide bonds. The van der Waals surface area contributed by atoms with Crippen LogP contribution in [0, 0.1) is 12.8 Å². The van der Waals surface area contributed by atoms with Crippen molar-refractivity contribution in [1.82, 2.24) is 9.55 Å². The van der Waals surface area contributed by atoms with Gasteiger partial charge in [-0.15, -0.1) is 0 Å². The number of fused-ring (bicyclic) bond motifs is 1. The van der Waals surface area contributed by atoms with Crippen LogP contribution < -0.4 is 16.2 Å². The molecule has 0 saturated carbocycles. The number of halogens is 1. The van der Waals surface area contributed by atoms with Gasteiger partial charge in [-0.1, -0.05) is 35.9 Å². The fraction of sp³-hybridized carbons (Fsp3) is 0.316. The highest BCUT2D eigenvalue weighted by Crippen LogP contribution is 2.34. The first-order valence-corrected chi connectivity index (χ1v) is 9.11. The van der Waals surface area contributed by atoms with Gasteiger partial charge in [0.05, 0.1) is 10.7 Å². The van der Waals surface area contributed by atoms with E-state index in [1.807, 2.05) is 31.2 Å². The summed E-state index contributed by atoms with van der Waals surface area (Å²) in [5.74, 6) is 1.32. The molecular weight excluding hydrogens is 350 g/mol. The predicted molar refractivity (Wildman–Crippen MR) is 105 cm³/mol. The van der Waals surface area contributed by atoms with E-state index in [0.29, 0.717) is 22.6 Å². The number of allylic oxidation sites excluding steroid dienone is 2. The van der Waals surface area contributed by atoms with E-state index in [-0.39, 0.29) is 17.6 Å². The van der Waals surface area contributed by atoms with Crippen molar-refractivity contribution in [2.45, 2.75) is 32.4 Å². The molecule has 1 aromatic heterocycles. The van der Waals surface area contributed by atoms with Crippen LogP contribution in [-0.4, -0.2) is 15.5 Å². The zero-order valence-corrected chi connectivity index (χ0v) is 15.2. The highest BCUT2D eigenvalue weighted by molar-refractivity contribution is 6.33. The van der Waals surface area contributed by atoms with E-state index in [1.165, 1.54) is 0 Å². The maximum absolute atomic E-state index is 12.6. The lowest BCUT2D eigenvalue weighted by atomic mass is 9.91. The number of guanidine groups is 1. The van der Waals surface area contributed by atoms with E-state index in [4.69, 9.17) is 16.6 Å². The molecule has 26 heavy (non-hydrogen) atoms. The number of aryl methyl sites for hydroxylation is 1. The van der Waals surface area contributed by atoms with Gasteiger partial charge in [0.1, 0.15) is 6.17 Å². The Balaban J connectivity index is 1.74. The molecule has 2 N–H and O–H groups in total. The van der Waals surface area contributed by atoms with E-state index >= 15 is 0 Å². The lowest BCUT2D eigenvalue weighted by molar-refractivity contribution is 0.308. The van der Waals surface area contributed by atoms with Gasteiger partial charge < -0.3 is 5.32 Å². The summed E-state index contributed by atoms with van der Waals surface area (Å²) >= 11 is 6.25. The van der Waals surface area contributed by atoms with Crippen LogP contribution in [0.4, 0.5) is 11.6 Å². The summed E-state index contributed by atoms with van der Waals surface area (Å²) in [6, 6.07) is 9.04. The van der Waals surface area contributed by atoms with Crippen molar-refractivity contribution in [3.8, 4) is 0 Å². The standard InChI is InChI=1S/C19H20ClN5O/c1-12-11-16(26)25-17(13-7-3-2-4-8-13)23-18(24-19(25)21-12)22-15-10-6-5-9-14(15)20/h2-3,5-6,9-11,13,17H,4,7-8H2,1H3,(H2,21,22,23,24)/t13-,17+/m0/s1. The summed E-state index contributed by atoms with van der Waals surface area (Å²) in [4.78, 5) is 21.9. The molecule has 1 aromatic carbocycles. The third kappa shape index (κ3) is 3.24. The van der Waals surface area contributed by atoms with Gasteiger partial charge in [0.15, 0.2) is 0 Å². The molecule has 1 aliphatic heterocycles. The Bertz CT molecular complexity index is 949. The molecular formula is C19H20ClN5O. The first kappa shape index (κ1) is 16.8. The normalized spacial score (nSPS) is 21.5. The Hall–Kier alpha value is -2.60. The average molecular weight is 370 g/mol. The molecule has 7 heteroatoms. The first-order valence-electron chi connectivity index (χ1n) is 8.73. The highest BCUT2D eigenvalue weighted by atomic mass is 35.5. The monoisotopic (exact) mass is 369 g/mol. The van der Waals surface area contributed by atoms with Crippen molar-refractivity contribution >= 4 is 29.2 Å². The molecule has 1 aliphatic carbocycles. The number of rotatable bonds is 2. The number of hydrogen-bond donors (Lipinski definition) is 2. The topological polar surface area (TPSA) is 71.3 Å². The summed E-state index contributed by atoms with van der Waals surface area (Å²) in [7, 11) is 0. The Kier molecular flexibility index (Phi) is 4.51. The molecule has 0 radical (unpaired) electrons. The number of para-hydroxylation sites is 1.